The van der Waals surface area contributed by atoms with E-state index in [2.05, 4.69) is 10.3 Å². The topological polar surface area (TPSA) is 82.3 Å². The van der Waals surface area contributed by atoms with Crippen LogP contribution in [0.25, 0.3) is 17.0 Å². The van der Waals surface area contributed by atoms with Crippen LogP contribution < -0.4 is 5.32 Å². The Labute approximate surface area is 178 Å². The Morgan fingerprint density at radius 1 is 1.07 bits per heavy atom. The van der Waals surface area contributed by atoms with E-state index in [1.54, 1.807) is 6.08 Å². The first-order valence-corrected chi connectivity index (χ1v) is 10.6. The number of aromatic amines is 1. The summed E-state index contributed by atoms with van der Waals surface area (Å²) >= 11 is 0.909. The number of fused-ring (bicyclic) bond motifs is 1. The number of nitrogens with zero attached hydrogens (tertiary/aromatic N) is 1. The third-order valence-corrected chi connectivity index (χ3v) is 5.83. The van der Waals surface area contributed by atoms with Crippen molar-refractivity contribution in [2.45, 2.75) is 12.8 Å². The smallest absolute Gasteiger partial charge is 0.293 e. The highest BCUT2D eigenvalue weighted by molar-refractivity contribution is 8.18. The van der Waals surface area contributed by atoms with Gasteiger partial charge in [0.05, 0.1) is 4.91 Å². The molecule has 0 spiro atoms. The molecule has 7 heteroatoms. The zero-order valence-corrected chi connectivity index (χ0v) is 17.1. The van der Waals surface area contributed by atoms with Gasteiger partial charge >= 0.3 is 0 Å². The molecule has 3 aromatic rings. The summed E-state index contributed by atoms with van der Waals surface area (Å²) in [6.45, 7) is 0.576. The van der Waals surface area contributed by atoms with E-state index >= 15 is 0 Å². The lowest BCUT2D eigenvalue weighted by molar-refractivity contribution is -0.124. The highest BCUT2D eigenvalue weighted by Gasteiger charge is 2.34. The third-order valence-electron chi connectivity index (χ3n) is 4.92. The molecular weight excluding hydrogens is 398 g/mol. The number of nitrogens with one attached hydrogen (secondary N) is 2. The van der Waals surface area contributed by atoms with Crippen molar-refractivity contribution < 1.29 is 14.4 Å². The van der Waals surface area contributed by atoms with Crippen LogP contribution in [0.15, 0.2) is 65.7 Å². The maximum Gasteiger partial charge on any atom is 0.293 e. The highest BCUT2D eigenvalue weighted by Crippen LogP contribution is 2.32. The maximum atomic E-state index is 12.5. The molecule has 1 aromatic heterocycles. The monoisotopic (exact) mass is 419 g/mol. The Kier molecular flexibility index (Phi) is 5.99. The predicted octanol–water partition coefficient (Wildman–Crippen LogP) is 3.95. The molecule has 0 bridgehead atoms. The number of benzene rings is 2. The molecule has 1 aliphatic rings. The van der Waals surface area contributed by atoms with Crippen molar-refractivity contribution in [3.05, 3.63) is 76.8 Å². The summed E-state index contributed by atoms with van der Waals surface area (Å²) in [5.41, 5.74) is 3.07. The van der Waals surface area contributed by atoms with Crippen molar-refractivity contribution in [1.82, 2.24) is 15.2 Å². The molecule has 30 heavy (non-hydrogen) atoms. The number of imide groups is 1. The van der Waals surface area contributed by atoms with Gasteiger partial charge in [0.2, 0.25) is 5.91 Å². The molecule has 1 aliphatic heterocycles. The van der Waals surface area contributed by atoms with Crippen molar-refractivity contribution in [1.29, 1.82) is 0 Å². The number of aromatic nitrogens is 1. The van der Waals surface area contributed by atoms with Crippen molar-refractivity contribution in [3.8, 4) is 0 Å². The van der Waals surface area contributed by atoms with Crippen molar-refractivity contribution in [3.63, 3.8) is 0 Å². The van der Waals surface area contributed by atoms with Gasteiger partial charge in [0.15, 0.2) is 0 Å². The van der Waals surface area contributed by atoms with E-state index < -0.39 is 0 Å². The van der Waals surface area contributed by atoms with E-state index in [9.17, 15) is 14.4 Å². The minimum absolute atomic E-state index is 0.0791. The second-order valence-electron chi connectivity index (χ2n) is 6.95. The number of rotatable bonds is 7. The molecule has 0 radical (unpaired) electrons. The number of hydrogen-bond acceptors (Lipinski definition) is 4. The molecule has 2 N–H and O–H groups in total. The summed E-state index contributed by atoms with van der Waals surface area (Å²) in [6, 6.07) is 17.4. The second-order valence-corrected chi connectivity index (χ2v) is 7.95. The van der Waals surface area contributed by atoms with Gasteiger partial charge in [-0.25, -0.2) is 0 Å². The number of carbonyl (C=O) groups excluding carboxylic acids is 3. The van der Waals surface area contributed by atoms with Crippen molar-refractivity contribution in [2.75, 3.05) is 13.1 Å². The molecule has 0 aliphatic carbocycles. The van der Waals surface area contributed by atoms with Crippen molar-refractivity contribution >= 4 is 45.8 Å². The van der Waals surface area contributed by atoms with Crippen LogP contribution >= 0.6 is 11.8 Å². The van der Waals surface area contributed by atoms with Crippen LogP contribution in [0.3, 0.4) is 0 Å². The van der Waals surface area contributed by atoms with E-state index in [0.717, 1.165) is 38.7 Å². The van der Waals surface area contributed by atoms with Gasteiger partial charge in [0.25, 0.3) is 11.1 Å². The van der Waals surface area contributed by atoms with Crippen LogP contribution in [-0.4, -0.2) is 40.0 Å². The van der Waals surface area contributed by atoms with Gasteiger partial charge in [0, 0.05) is 36.6 Å². The molecule has 152 valence electrons. The average molecular weight is 420 g/mol. The minimum atomic E-state index is -0.347. The van der Waals surface area contributed by atoms with Crippen LogP contribution in [-0.2, 0) is 16.0 Å². The summed E-state index contributed by atoms with van der Waals surface area (Å²) in [5.74, 6) is -0.527. The van der Waals surface area contributed by atoms with Gasteiger partial charge in [0.1, 0.15) is 0 Å². The van der Waals surface area contributed by atoms with E-state index in [1.165, 1.54) is 0 Å². The van der Waals surface area contributed by atoms with Gasteiger partial charge in [-0.1, -0.05) is 48.5 Å². The zero-order chi connectivity index (χ0) is 20.9. The molecule has 6 nitrogen and oxygen atoms in total. The fourth-order valence-electron chi connectivity index (χ4n) is 3.37. The first kappa shape index (κ1) is 20.0. The van der Waals surface area contributed by atoms with Crippen LogP contribution in [0.5, 0.6) is 0 Å². The number of H-pyrrole nitrogens is 1. The summed E-state index contributed by atoms with van der Waals surface area (Å²) < 4.78 is 0. The quantitative estimate of drug-likeness (QED) is 0.568. The summed E-state index contributed by atoms with van der Waals surface area (Å²) in [5, 5.41) is 3.68. The van der Waals surface area contributed by atoms with E-state index in [-0.39, 0.29) is 30.0 Å². The first-order valence-electron chi connectivity index (χ1n) is 9.74. The highest BCUT2D eigenvalue weighted by atomic mass is 32.2. The number of para-hydroxylation sites is 1. The Morgan fingerprint density at radius 2 is 1.83 bits per heavy atom. The Balaban J connectivity index is 1.27. The summed E-state index contributed by atoms with van der Waals surface area (Å²) in [7, 11) is 0. The standard InChI is InChI=1S/C23H21N3O3S/c27-21(24-12-10-17-15-25-19-9-5-4-8-18(17)19)11-13-26-22(28)20(30-23(26)29)14-16-6-2-1-3-7-16/h1-9,14-15,25H,10-13H2,(H,24,27)/b20-14+. The predicted molar refractivity (Wildman–Crippen MR) is 119 cm³/mol. The lowest BCUT2D eigenvalue weighted by Crippen LogP contribution is -2.34. The van der Waals surface area contributed by atoms with Crippen LogP contribution in [0.1, 0.15) is 17.5 Å². The molecule has 0 unspecified atom stereocenters. The van der Waals surface area contributed by atoms with Gasteiger partial charge in [-0.2, -0.15) is 0 Å². The second kappa shape index (κ2) is 9.00. The van der Waals surface area contributed by atoms with E-state index in [4.69, 9.17) is 0 Å². The molecule has 1 fully saturated rings. The zero-order valence-electron chi connectivity index (χ0n) is 16.3. The van der Waals surface area contributed by atoms with Crippen LogP contribution in [0.4, 0.5) is 4.79 Å². The third kappa shape index (κ3) is 4.46. The molecule has 2 heterocycles. The van der Waals surface area contributed by atoms with Gasteiger partial charge < -0.3 is 10.3 Å². The van der Waals surface area contributed by atoms with Gasteiger partial charge in [-0.05, 0) is 41.5 Å². The Morgan fingerprint density at radius 3 is 2.67 bits per heavy atom. The first-order chi connectivity index (χ1) is 14.6. The van der Waals surface area contributed by atoms with Crippen LogP contribution in [0.2, 0.25) is 0 Å². The fraction of sp³-hybridized carbons (Fsp3) is 0.174. The Bertz CT molecular complexity index is 1120. The normalized spacial score (nSPS) is 15.3. The molecular formula is C23H21N3O3S. The van der Waals surface area contributed by atoms with E-state index in [0.29, 0.717) is 17.9 Å². The summed E-state index contributed by atoms with van der Waals surface area (Å²) in [4.78, 5) is 41.6. The Hall–Kier alpha value is -3.32. The molecule has 1 saturated heterocycles. The van der Waals surface area contributed by atoms with Gasteiger partial charge in [-0.3, -0.25) is 19.3 Å². The molecule has 0 saturated carbocycles. The number of thioether (sulfide) groups is 1. The minimum Gasteiger partial charge on any atom is -0.361 e. The summed E-state index contributed by atoms with van der Waals surface area (Å²) in [6.07, 6.45) is 4.45. The molecule has 0 atom stereocenters. The number of hydrogen-bond donors (Lipinski definition) is 2. The van der Waals surface area contributed by atoms with Gasteiger partial charge in [-0.15, -0.1) is 0 Å². The lowest BCUT2D eigenvalue weighted by Gasteiger charge is -2.12. The fourth-order valence-corrected chi connectivity index (χ4v) is 4.24. The average Bonchev–Trinajstić information content (AvgIpc) is 3.28. The SMILES string of the molecule is O=C(CCN1C(=O)S/C(=C/c2ccccc2)C1=O)NCCc1c[nH]c2ccccc12. The maximum absolute atomic E-state index is 12.5. The molecule has 4 rings (SSSR count). The van der Waals surface area contributed by atoms with Crippen LogP contribution in [0, 0.1) is 0 Å². The van der Waals surface area contributed by atoms with Crippen molar-refractivity contribution in [2.24, 2.45) is 0 Å². The molecule has 2 aromatic carbocycles. The number of amides is 3. The number of carbonyl (C=O) groups is 3. The lowest BCUT2D eigenvalue weighted by atomic mass is 10.1. The van der Waals surface area contributed by atoms with E-state index in [1.807, 2.05) is 60.8 Å². The largest absolute Gasteiger partial charge is 0.361 e. The molecule has 3 amide bonds.